The Morgan fingerprint density at radius 1 is 1.38 bits per heavy atom. The minimum Gasteiger partial charge on any atom is -0.392 e. The maximum absolute atomic E-state index is 9.81. The minimum absolute atomic E-state index is 0.338. The summed E-state index contributed by atoms with van der Waals surface area (Å²) in [5, 5.41) is 11.1. The predicted octanol–water partition coefficient (Wildman–Crippen LogP) is 4.04. The molecule has 1 N–H and O–H groups in total. The second-order valence-electron chi connectivity index (χ2n) is 3.67. The number of hydrogen-bond acceptors (Lipinski definition) is 2. The third-order valence-electron chi connectivity index (χ3n) is 2.13. The van der Waals surface area contributed by atoms with Crippen LogP contribution >= 0.6 is 35.0 Å². The van der Waals surface area contributed by atoms with Crippen molar-refractivity contribution in [1.82, 2.24) is 0 Å². The van der Waals surface area contributed by atoms with Crippen molar-refractivity contribution in [1.29, 1.82) is 0 Å². The van der Waals surface area contributed by atoms with Crippen molar-refractivity contribution in [2.24, 2.45) is 0 Å². The molecule has 0 amide bonds. The second kappa shape index (κ2) is 7.44. The van der Waals surface area contributed by atoms with E-state index in [4.69, 9.17) is 23.2 Å². The molecule has 0 aliphatic rings. The molecule has 0 aliphatic heterocycles. The van der Waals surface area contributed by atoms with Gasteiger partial charge in [-0.2, -0.15) is 11.8 Å². The van der Waals surface area contributed by atoms with Crippen LogP contribution in [0.3, 0.4) is 0 Å². The van der Waals surface area contributed by atoms with Crippen LogP contribution < -0.4 is 0 Å². The lowest BCUT2D eigenvalue weighted by atomic mass is 10.1. The molecule has 1 aromatic carbocycles. The highest BCUT2D eigenvalue weighted by Crippen LogP contribution is 2.22. The average Bonchev–Trinajstić information content (AvgIpc) is 2.23. The van der Waals surface area contributed by atoms with Gasteiger partial charge < -0.3 is 5.11 Å². The zero-order chi connectivity index (χ0) is 12.0. The Kier molecular flexibility index (Phi) is 6.59. The van der Waals surface area contributed by atoms with Crippen LogP contribution in [-0.4, -0.2) is 22.7 Å². The second-order valence-corrected chi connectivity index (χ2v) is 5.66. The molecule has 0 spiro atoms. The Morgan fingerprint density at radius 3 is 2.75 bits per heavy atom. The number of hydrogen-bond donors (Lipinski definition) is 1. The van der Waals surface area contributed by atoms with Gasteiger partial charge in [0.15, 0.2) is 0 Å². The zero-order valence-electron chi connectivity index (χ0n) is 9.25. The number of benzene rings is 1. The average molecular weight is 279 g/mol. The van der Waals surface area contributed by atoms with Gasteiger partial charge in [0.1, 0.15) is 0 Å². The fourth-order valence-electron chi connectivity index (χ4n) is 1.36. The molecule has 0 heterocycles. The number of halogens is 2. The van der Waals surface area contributed by atoms with Crippen molar-refractivity contribution in [3.05, 3.63) is 33.8 Å². The maximum Gasteiger partial charge on any atom is 0.0671 e. The normalized spacial score (nSPS) is 12.8. The van der Waals surface area contributed by atoms with Gasteiger partial charge in [-0.1, -0.05) is 36.2 Å². The molecule has 0 fully saturated rings. The van der Waals surface area contributed by atoms with Crippen LogP contribution in [0.1, 0.15) is 18.9 Å². The molecular formula is C12H16Cl2OS. The van der Waals surface area contributed by atoms with Crippen LogP contribution in [0.2, 0.25) is 10.0 Å². The van der Waals surface area contributed by atoms with E-state index in [1.165, 1.54) is 0 Å². The number of aliphatic hydroxyl groups is 1. The fourth-order valence-corrected chi connectivity index (χ4v) is 2.69. The van der Waals surface area contributed by atoms with Crippen LogP contribution in [-0.2, 0) is 6.42 Å². The van der Waals surface area contributed by atoms with Crippen molar-refractivity contribution in [2.75, 3.05) is 11.5 Å². The molecule has 4 heteroatoms. The predicted molar refractivity (Wildman–Crippen MR) is 73.8 cm³/mol. The smallest absolute Gasteiger partial charge is 0.0671 e. The molecule has 1 aromatic rings. The van der Waals surface area contributed by atoms with Gasteiger partial charge in [0, 0.05) is 22.2 Å². The lowest BCUT2D eigenvalue weighted by molar-refractivity contribution is 0.200. The molecule has 0 saturated carbocycles. The fraction of sp³-hybridized carbons (Fsp3) is 0.500. The summed E-state index contributed by atoms with van der Waals surface area (Å²) in [7, 11) is 0. The van der Waals surface area contributed by atoms with Crippen molar-refractivity contribution in [3.63, 3.8) is 0 Å². The summed E-state index contributed by atoms with van der Waals surface area (Å²) in [6, 6.07) is 5.39. The van der Waals surface area contributed by atoms with E-state index >= 15 is 0 Å². The van der Waals surface area contributed by atoms with Gasteiger partial charge in [-0.05, 0) is 29.9 Å². The summed E-state index contributed by atoms with van der Waals surface area (Å²) in [4.78, 5) is 0. The molecule has 90 valence electrons. The molecule has 0 aromatic heterocycles. The SMILES string of the molecule is CCCSCC(O)Cc1ccc(Cl)cc1Cl. The lowest BCUT2D eigenvalue weighted by Gasteiger charge is -2.11. The lowest BCUT2D eigenvalue weighted by Crippen LogP contribution is -2.14. The summed E-state index contributed by atoms with van der Waals surface area (Å²) in [6.45, 7) is 2.13. The summed E-state index contributed by atoms with van der Waals surface area (Å²) >= 11 is 13.6. The molecule has 16 heavy (non-hydrogen) atoms. The van der Waals surface area contributed by atoms with Crippen molar-refractivity contribution in [3.8, 4) is 0 Å². The maximum atomic E-state index is 9.81. The molecule has 0 radical (unpaired) electrons. The van der Waals surface area contributed by atoms with Crippen LogP contribution in [0, 0.1) is 0 Å². The first-order valence-corrected chi connectivity index (χ1v) is 7.24. The summed E-state index contributed by atoms with van der Waals surface area (Å²) < 4.78 is 0. The Hall–Kier alpha value is 0.110. The van der Waals surface area contributed by atoms with Crippen molar-refractivity contribution >= 4 is 35.0 Å². The van der Waals surface area contributed by atoms with Gasteiger partial charge in [-0.15, -0.1) is 0 Å². The number of thioether (sulfide) groups is 1. The van der Waals surface area contributed by atoms with Gasteiger partial charge in [0.2, 0.25) is 0 Å². The molecule has 0 bridgehead atoms. The highest BCUT2D eigenvalue weighted by molar-refractivity contribution is 7.99. The Balaban J connectivity index is 2.46. The van der Waals surface area contributed by atoms with E-state index in [-0.39, 0.29) is 6.10 Å². The largest absolute Gasteiger partial charge is 0.392 e. The van der Waals surface area contributed by atoms with Crippen LogP contribution in [0.15, 0.2) is 18.2 Å². The van der Waals surface area contributed by atoms with E-state index in [1.807, 2.05) is 6.07 Å². The van der Waals surface area contributed by atoms with E-state index in [2.05, 4.69) is 6.92 Å². The van der Waals surface area contributed by atoms with Gasteiger partial charge in [0.25, 0.3) is 0 Å². The molecule has 1 nitrogen and oxygen atoms in total. The van der Waals surface area contributed by atoms with Gasteiger partial charge in [-0.3, -0.25) is 0 Å². The summed E-state index contributed by atoms with van der Waals surface area (Å²) in [5.41, 5.74) is 0.954. The monoisotopic (exact) mass is 278 g/mol. The quantitative estimate of drug-likeness (QED) is 0.793. The van der Waals surface area contributed by atoms with E-state index < -0.39 is 0 Å². The van der Waals surface area contributed by atoms with Gasteiger partial charge in [0.05, 0.1) is 6.10 Å². The highest BCUT2D eigenvalue weighted by Gasteiger charge is 2.08. The Labute approximate surface area is 111 Å². The Bertz CT molecular complexity index is 331. The van der Waals surface area contributed by atoms with Crippen molar-refractivity contribution in [2.45, 2.75) is 25.9 Å². The van der Waals surface area contributed by atoms with E-state index in [1.54, 1.807) is 23.9 Å². The third kappa shape index (κ3) is 4.96. The molecule has 1 atom stereocenters. The van der Waals surface area contributed by atoms with Gasteiger partial charge in [-0.25, -0.2) is 0 Å². The molecule has 1 unspecified atom stereocenters. The molecular weight excluding hydrogens is 263 g/mol. The summed E-state index contributed by atoms with van der Waals surface area (Å²) in [5.74, 6) is 1.85. The number of aliphatic hydroxyl groups excluding tert-OH is 1. The van der Waals surface area contributed by atoms with Crippen LogP contribution in [0.25, 0.3) is 0 Å². The van der Waals surface area contributed by atoms with Crippen molar-refractivity contribution < 1.29 is 5.11 Å². The third-order valence-corrected chi connectivity index (χ3v) is 4.03. The highest BCUT2D eigenvalue weighted by atomic mass is 35.5. The van der Waals surface area contributed by atoms with Crippen LogP contribution in [0.4, 0.5) is 0 Å². The van der Waals surface area contributed by atoms with Crippen LogP contribution in [0.5, 0.6) is 0 Å². The first-order valence-electron chi connectivity index (χ1n) is 5.33. The van der Waals surface area contributed by atoms with E-state index in [0.29, 0.717) is 16.5 Å². The zero-order valence-corrected chi connectivity index (χ0v) is 11.6. The Morgan fingerprint density at radius 2 is 2.12 bits per heavy atom. The minimum atomic E-state index is -0.338. The van der Waals surface area contributed by atoms with E-state index in [9.17, 15) is 5.11 Å². The van der Waals surface area contributed by atoms with Gasteiger partial charge >= 0.3 is 0 Å². The first-order chi connectivity index (χ1) is 7.63. The number of rotatable bonds is 6. The standard InChI is InChI=1S/C12H16Cl2OS/c1-2-5-16-8-11(15)6-9-3-4-10(13)7-12(9)14/h3-4,7,11,15H,2,5-6,8H2,1H3. The first kappa shape index (κ1) is 14.2. The molecule has 1 rings (SSSR count). The summed E-state index contributed by atoms with van der Waals surface area (Å²) in [6.07, 6.45) is 1.39. The van der Waals surface area contributed by atoms with E-state index in [0.717, 1.165) is 23.5 Å². The molecule has 0 saturated heterocycles. The molecule has 0 aliphatic carbocycles. The topological polar surface area (TPSA) is 20.2 Å².